The van der Waals surface area contributed by atoms with Gasteiger partial charge in [0, 0.05) is 17.5 Å². The molecular weight excluding hydrogens is 364 g/mol. The summed E-state index contributed by atoms with van der Waals surface area (Å²) >= 11 is 0. The van der Waals surface area contributed by atoms with E-state index in [0.717, 1.165) is 50.4 Å². The molecule has 2 heterocycles. The van der Waals surface area contributed by atoms with Gasteiger partial charge in [0.2, 0.25) is 0 Å². The second-order valence-corrected chi connectivity index (χ2v) is 10.5. The number of fused-ring (bicyclic) bond motifs is 1. The molecule has 5 heteroatoms. The molecule has 4 N–H and O–H groups in total. The Morgan fingerprint density at radius 3 is 2.69 bits per heavy atom. The summed E-state index contributed by atoms with van der Waals surface area (Å²) in [5.41, 5.74) is 2.42. The van der Waals surface area contributed by atoms with Crippen molar-refractivity contribution in [2.24, 2.45) is 5.92 Å². The largest absolute Gasteiger partial charge is 0.508 e. The van der Waals surface area contributed by atoms with Gasteiger partial charge in [-0.1, -0.05) is 0 Å². The van der Waals surface area contributed by atoms with E-state index in [9.17, 15) is 15.3 Å². The quantitative estimate of drug-likeness (QED) is 0.625. The van der Waals surface area contributed by atoms with Crippen molar-refractivity contribution in [3.8, 4) is 5.75 Å². The average Bonchev–Trinajstić information content (AvgIpc) is 3.32. The molecule has 5 unspecified atom stereocenters. The van der Waals surface area contributed by atoms with Crippen LogP contribution in [0.15, 0.2) is 12.1 Å². The molecule has 5 nitrogen and oxygen atoms in total. The first-order valence-corrected chi connectivity index (χ1v) is 11.7. The fourth-order valence-corrected chi connectivity index (χ4v) is 7.31. The lowest BCUT2D eigenvalue weighted by Gasteiger charge is -2.64. The minimum atomic E-state index is -0.866. The van der Waals surface area contributed by atoms with Crippen molar-refractivity contribution in [3.63, 3.8) is 0 Å². The molecule has 29 heavy (non-hydrogen) atoms. The van der Waals surface area contributed by atoms with Crippen LogP contribution in [-0.4, -0.2) is 63.6 Å². The van der Waals surface area contributed by atoms with Crippen LogP contribution in [-0.2, 0) is 18.3 Å². The van der Waals surface area contributed by atoms with Crippen molar-refractivity contribution >= 4 is 0 Å². The molecule has 0 aromatic heterocycles. The monoisotopic (exact) mass is 398 g/mol. The van der Waals surface area contributed by atoms with Gasteiger partial charge in [-0.25, -0.2) is 0 Å². The number of aliphatic hydroxyl groups is 2. The lowest BCUT2D eigenvalue weighted by atomic mass is 9.48. The number of nitrogens with one attached hydrogen (secondary N) is 1. The van der Waals surface area contributed by atoms with Crippen LogP contribution in [0.1, 0.15) is 61.6 Å². The number of hydrogen-bond acceptors (Lipinski definition) is 5. The zero-order valence-corrected chi connectivity index (χ0v) is 17.2. The van der Waals surface area contributed by atoms with Gasteiger partial charge in [-0.15, -0.1) is 0 Å². The van der Waals surface area contributed by atoms with Crippen LogP contribution in [0, 0.1) is 5.92 Å². The van der Waals surface area contributed by atoms with Gasteiger partial charge in [-0.2, -0.15) is 0 Å². The summed E-state index contributed by atoms with van der Waals surface area (Å²) in [5, 5.41) is 37.8. The summed E-state index contributed by atoms with van der Waals surface area (Å²) in [6.45, 7) is 2.93. The predicted octanol–water partition coefficient (Wildman–Crippen LogP) is 1.85. The number of aliphatic hydroxyl groups excluding tert-OH is 1. The van der Waals surface area contributed by atoms with Crippen LogP contribution in [0.4, 0.5) is 0 Å². The predicted molar refractivity (Wildman–Crippen MR) is 111 cm³/mol. The van der Waals surface area contributed by atoms with E-state index in [0.29, 0.717) is 18.6 Å². The maximum Gasteiger partial charge on any atom is 0.116 e. The summed E-state index contributed by atoms with van der Waals surface area (Å²) in [6.07, 6.45) is 8.45. The van der Waals surface area contributed by atoms with Gasteiger partial charge in [0.1, 0.15) is 5.75 Å². The molecular formula is C24H34N2O3. The van der Waals surface area contributed by atoms with E-state index in [1.807, 2.05) is 12.1 Å². The minimum absolute atomic E-state index is 0.0313. The highest BCUT2D eigenvalue weighted by atomic mass is 16.3. The number of piperidine rings is 1. The van der Waals surface area contributed by atoms with E-state index in [1.165, 1.54) is 36.8 Å². The lowest BCUT2D eigenvalue weighted by molar-refractivity contribution is -0.169. The Labute approximate surface area is 173 Å². The van der Waals surface area contributed by atoms with E-state index in [4.69, 9.17) is 0 Å². The minimum Gasteiger partial charge on any atom is -0.508 e. The summed E-state index contributed by atoms with van der Waals surface area (Å²) in [7, 11) is 0. The number of rotatable bonds is 3. The van der Waals surface area contributed by atoms with Gasteiger partial charge in [0.25, 0.3) is 0 Å². The molecule has 1 aromatic rings. The third-order valence-electron chi connectivity index (χ3n) is 8.94. The van der Waals surface area contributed by atoms with Crippen LogP contribution in [0.3, 0.4) is 0 Å². The molecule has 2 aliphatic heterocycles. The Balaban J connectivity index is 1.46. The molecule has 4 fully saturated rings. The van der Waals surface area contributed by atoms with Gasteiger partial charge >= 0.3 is 0 Å². The van der Waals surface area contributed by atoms with E-state index in [2.05, 4.69) is 10.2 Å². The van der Waals surface area contributed by atoms with Gasteiger partial charge in [-0.05, 0) is 112 Å². The zero-order valence-electron chi connectivity index (χ0n) is 17.2. The summed E-state index contributed by atoms with van der Waals surface area (Å²) in [4.78, 5) is 2.40. The average molecular weight is 399 g/mol. The highest BCUT2D eigenvalue weighted by Crippen LogP contribution is 2.58. The van der Waals surface area contributed by atoms with Gasteiger partial charge in [0.15, 0.2) is 0 Å². The van der Waals surface area contributed by atoms with E-state index in [1.54, 1.807) is 0 Å². The van der Waals surface area contributed by atoms with Gasteiger partial charge < -0.3 is 20.6 Å². The molecule has 0 radical (unpaired) electrons. The Morgan fingerprint density at radius 2 is 1.93 bits per heavy atom. The molecule has 2 bridgehead atoms. The second-order valence-electron chi connectivity index (χ2n) is 10.5. The fraction of sp³-hybridized carbons (Fsp3) is 0.750. The number of benzene rings is 1. The first kappa shape index (κ1) is 18.6. The molecule has 1 aromatic carbocycles. The number of likely N-dealkylation sites (tertiary alicyclic amines) is 1. The molecule has 2 saturated carbocycles. The molecule has 0 amide bonds. The Morgan fingerprint density at radius 1 is 1.14 bits per heavy atom. The molecule has 3 aliphatic carbocycles. The van der Waals surface area contributed by atoms with Crippen LogP contribution in [0.5, 0.6) is 5.75 Å². The second kappa shape index (κ2) is 6.43. The van der Waals surface area contributed by atoms with Crippen LogP contribution in [0.25, 0.3) is 0 Å². The standard InChI is InChI=1S/C24H34N2O3/c27-17-10-16(9-15-3-4-15)18-12-22-24(29)13-20(26-7-1-2-8-26)21(28)14-23(24,5-6-25-22)19(18)11-17/h10-11,15,20-22,25,27-29H,1-9,12-14H2. The summed E-state index contributed by atoms with van der Waals surface area (Å²) in [5.74, 6) is 1.08. The van der Waals surface area contributed by atoms with Crippen molar-refractivity contribution in [1.29, 1.82) is 0 Å². The van der Waals surface area contributed by atoms with Crippen molar-refractivity contribution in [2.75, 3.05) is 19.6 Å². The molecule has 6 rings (SSSR count). The topological polar surface area (TPSA) is 76.0 Å². The van der Waals surface area contributed by atoms with Crippen molar-refractivity contribution in [1.82, 2.24) is 10.2 Å². The number of phenols is 1. The number of nitrogens with zero attached hydrogens (tertiary/aromatic N) is 1. The lowest BCUT2D eigenvalue weighted by Crippen LogP contribution is -2.76. The highest BCUT2D eigenvalue weighted by Gasteiger charge is 2.65. The normalized spacial score (nSPS) is 41.8. The van der Waals surface area contributed by atoms with Crippen molar-refractivity contribution in [3.05, 3.63) is 28.8 Å². The molecule has 0 spiro atoms. The molecule has 2 saturated heterocycles. The van der Waals surface area contributed by atoms with Crippen LogP contribution in [0.2, 0.25) is 0 Å². The van der Waals surface area contributed by atoms with Crippen molar-refractivity contribution < 1.29 is 15.3 Å². The smallest absolute Gasteiger partial charge is 0.116 e. The number of hydrogen-bond donors (Lipinski definition) is 4. The van der Waals surface area contributed by atoms with Gasteiger partial charge in [-0.3, -0.25) is 4.90 Å². The Hall–Kier alpha value is -1.14. The third-order valence-corrected chi connectivity index (χ3v) is 8.94. The van der Waals surface area contributed by atoms with E-state index < -0.39 is 17.1 Å². The van der Waals surface area contributed by atoms with Crippen molar-refractivity contribution in [2.45, 2.75) is 87.0 Å². The maximum absolute atomic E-state index is 12.3. The molecule has 5 aliphatic rings. The fourth-order valence-electron chi connectivity index (χ4n) is 7.31. The zero-order chi connectivity index (χ0) is 19.8. The van der Waals surface area contributed by atoms with E-state index in [-0.39, 0.29) is 12.1 Å². The first-order chi connectivity index (χ1) is 14.0. The van der Waals surface area contributed by atoms with E-state index >= 15 is 0 Å². The molecule has 158 valence electrons. The summed E-state index contributed by atoms with van der Waals surface area (Å²) in [6, 6.07) is 3.95. The highest BCUT2D eigenvalue weighted by molar-refractivity contribution is 5.52. The Bertz CT molecular complexity index is 819. The first-order valence-electron chi connectivity index (χ1n) is 11.7. The Kier molecular flexibility index (Phi) is 4.13. The third kappa shape index (κ3) is 2.67. The summed E-state index contributed by atoms with van der Waals surface area (Å²) < 4.78 is 0. The number of aromatic hydroxyl groups is 1. The SMILES string of the molecule is Oc1cc(CC2CC2)c2c(c1)C13CCNC(C2)C1(O)CC(N1CCCC1)C(O)C3. The molecule has 5 atom stereocenters. The van der Waals surface area contributed by atoms with Gasteiger partial charge in [0.05, 0.1) is 11.7 Å². The maximum atomic E-state index is 12.3. The van der Waals surface area contributed by atoms with Crippen LogP contribution < -0.4 is 5.32 Å². The van der Waals surface area contributed by atoms with Crippen LogP contribution >= 0.6 is 0 Å². The number of phenolic OH excluding ortho intramolecular Hbond substituents is 1.